The van der Waals surface area contributed by atoms with Gasteiger partial charge in [-0.2, -0.15) is 0 Å². The molecule has 0 saturated carbocycles. The van der Waals surface area contributed by atoms with Crippen molar-refractivity contribution in [3.05, 3.63) is 86.6 Å². The van der Waals surface area contributed by atoms with E-state index in [4.69, 9.17) is 4.74 Å². The van der Waals surface area contributed by atoms with Crippen LogP contribution in [0.25, 0.3) is 0 Å². The molecule has 0 aliphatic carbocycles. The Morgan fingerprint density at radius 3 is 2.28 bits per heavy atom. The van der Waals surface area contributed by atoms with Crippen molar-refractivity contribution in [1.29, 1.82) is 0 Å². The van der Waals surface area contributed by atoms with Crippen molar-refractivity contribution in [3.8, 4) is 5.75 Å². The summed E-state index contributed by atoms with van der Waals surface area (Å²) in [5.74, 6) is 1.47. The molecule has 0 unspecified atom stereocenters. The summed E-state index contributed by atoms with van der Waals surface area (Å²) in [7, 11) is 4.89. The Labute approximate surface area is 169 Å². The molecule has 150 valence electrons. The van der Waals surface area contributed by atoms with Crippen LogP contribution in [0.2, 0.25) is 0 Å². The van der Waals surface area contributed by atoms with Crippen molar-refractivity contribution in [2.24, 2.45) is 14.1 Å². The number of para-hydroxylation sites is 1. The Hall–Kier alpha value is -3.32. The number of ether oxygens (including phenoxy) is 1. The molecule has 0 fully saturated rings. The van der Waals surface area contributed by atoms with Gasteiger partial charge in [-0.1, -0.05) is 30.3 Å². The van der Waals surface area contributed by atoms with E-state index >= 15 is 0 Å². The standard InChI is InChI=1S/C22H24N4O3/c1-23-20-19(21(27)24(2)22(23)28)14-25(13-16-9-11-18(29-3)12-10-16)15-26(20)17-7-5-4-6-8-17/h4-12H,13-15H2,1-3H3. The Bertz CT molecular complexity index is 1130. The van der Waals surface area contributed by atoms with Gasteiger partial charge < -0.3 is 9.64 Å². The van der Waals surface area contributed by atoms with Gasteiger partial charge in [0.05, 0.1) is 19.3 Å². The lowest BCUT2D eigenvalue weighted by Gasteiger charge is -2.39. The van der Waals surface area contributed by atoms with E-state index in [0.717, 1.165) is 17.0 Å². The molecular formula is C22H24N4O3. The Morgan fingerprint density at radius 1 is 0.931 bits per heavy atom. The average Bonchev–Trinajstić information content (AvgIpc) is 2.76. The predicted octanol–water partition coefficient (Wildman–Crippen LogP) is 2.20. The fourth-order valence-corrected chi connectivity index (χ4v) is 3.83. The van der Waals surface area contributed by atoms with Crippen molar-refractivity contribution >= 4 is 11.5 Å². The lowest BCUT2D eigenvalue weighted by Crippen LogP contribution is -2.49. The molecule has 29 heavy (non-hydrogen) atoms. The minimum Gasteiger partial charge on any atom is -0.497 e. The second-order valence-corrected chi connectivity index (χ2v) is 7.25. The average molecular weight is 392 g/mol. The van der Waals surface area contributed by atoms with Crippen LogP contribution in [0.15, 0.2) is 64.2 Å². The van der Waals surface area contributed by atoms with E-state index in [-0.39, 0.29) is 11.2 Å². The highest BCUT2D eigenvalue weighted by molar-refractivity contribution is 5.64. The Morgan fingerprint density at radius 2 is 1.62 bits per heavy atom. The topological polar surface area (TPSA) is 59.7 Å². The molecule has 1 aromatic heterocycles. The maximum Gasteiger partial charge on any atom is 0.332 e. The minimum absolute atomic E-state index is 0.247. The molecule has 7 nitrogen and oxygen atoms in total. The molecule has 0 saturated heterocycles. The number of fused-ring (bicyclic) bond motifs is 1. The molecule has 0 bridgehead atoms. The van der Waals surface area contributed by atoms with Gasteiger partial charge in [-0.15, -0.1) is 0 Å². The highest BCUT2D eigenvalue weighted by Crippen LogP contribution is 2.31. The first kappa shape index (κ1) is 19.0. The molecule has 0 radical (unpaired) electrons. The largest absolute Gasteiger partial charge is 0.497 e. The van der Waals surface area contributed by atoms with E-state index in [0.29, 0.717) is 31.1 Å². The van der Waals surface area contributed by atoms with E-state index in [1.165, 1.54) is 11.6 Å². The van der Waals surface area contributed by atoms with E-state index in [9.17, 15) is 9.59 Å². The van der Waals surface area contributed by atoms with Crippen LogP contribution in [0.5, 0.6) is 5.75 Å². The van der Waals surface area contributed by atoms with Gasteiger partial charge in [-0.3, -0.25) is 18.8 Å². The van der Waals surface area contributed by atoms with Crippen LogP contribution in [0.4, 0.5) is 11.5 Å². The predicted molar refractivity (Wildman–Crippen MR) is 113 cm³/mol. The van der Waals surface area contributed by atoms with Gasteiger partial charge in [-0.25, -0.2) is 4.79 Å². The molecule has 0 N–H and O–H groups in total. The second-order valence-electron chi connectivity index (χ2n) is 7.25. The summed E-state index contributed by atoms with van der Waals surface area (Å²) in [6, 6.07) is 17.8. The van der Waals surface area contributed by atoms with Crippen molar-refractivity contribution < 1.29 is 4.74 Å². The molecule has 3 aromatic rings. The van der Waals surface area contributed by atoms with Crippen LogP contribution < -0.4 is 20.9 Å². The monoisotopic (exact) mass is 392 g/mol. The maximum absolute atomic E-state index is 12.9. The molecule has 2 heterocycles. The molecule has 0 amide bonds. The van der Waals surface area contributed by atoms with Crippen LogP contribution >= 0.6 is 0 Å². The van der Waals surface area contributed by atoms with Crippen LogP contribution in [-0.4, -0.2) is 27.8 Å². The van der Waals surface area contributed by atoms with Crippen molar-refractivity contribution in [3.63, 3.8) is 0 Å². The van der Waals surface area contributed by atoms with Gasteiger partial charge in [-0.05, 0) is 29.8 Å². The number of nitrogens with zero attached hydrogens (tertiary/aromatic N) is 4. The third kappa shape index (κ3) is 3.45. The summed E-state index contributed by atoms with van der Waals surface area (Å²) in [6.45, 7) is 1.73. The number of aromatic nitrogens is 2. The third-order valence-corrected chi connectivity index (χ3v) is 5.34. The lowest BCUT2D eigenvalue weighted by molar-refractivity contribution is 0.246. The van der Waals surface area contributed by atoms with Gasteiger partial charge in [0.2, 0.25) is 0 Å². The van der Waals surface area contributed by atoms with Gasteiger partial charge in [0.15, 0.2) is 0 Å². The molecule has 7 heteroatoms. The SMILES string of the molecule is COc1ccc(CN2Cc3c(n(C)c(=O)n(C)c3=O)N(c3ccccc3)C2)cc1. The van der Waals surface area contributed by atoms with Gasteiger partial charge >= 0.3 is 5.69 Å². The first-order chi connectivity index (χ1) is 14.0. The third-order valence-electron chi connectivity index (χ3n) is 5.34. The summed E-state index contributed by atoms with van der Waals surface area (Å²) >= 11 is 0. The molecular weight excluding hydrogens is 368 g/mol. The molecule has 0 atom stereocenters. The zero-order valence-electron chi connectivity index (χ0n) is 16.8. The second kappa shape index (κ2) is 7.60. The first-order valence-corrected chi connectivity index (χ1v) is 9.46. The van der Waals surface area contributed by atoms with Crippen LogP contribution in [0.1, 0.15) is 11.1 Å². The van der Waals surface area contributed by atoms with Gasteiger partial charge in [0.1, 0.15) is 11.6 Å². The normalized spacial score (nSPS) is 14.0. The summed E-state index contributed by atoms with van der Waals surface area (Å²) in [6.07, 6.45) is 0. The zero-order chi connectivity index (χ0) is 20.5. The van der Waals surface area contributed by atoms with Crippen LogP contribution in [0.3, 0.4) is 0 Å². The Kier molecular flexibility index (Phi) is 4.98. The number of benzene rings is 2. The summed E-state index contributed by atoms with van der Waals surface area (Å²) in [5.41, 5.74) is 2.13. The number of hydrogen-bond donors (Lipinski definition) is 0. The summed E-state index contributed by atoms with van der Waals surface area (Å²) < 4.78 is 7.98. The minimum atomic E-state index is -0.321. The van der Waals surface area contributed by atoms with E-state index in [1.54, 1.807) is 18.7 Å². The van der Waals surface area contributed by atoms with Crippen LogP contribution in [0, 0.1) is 0 Å². The van der Waals surface area contributed by atoms with Gasteiger partial charge in [0.25, 0.3) is 5.56 Å². The highest BCUT2D eigenvalue weighted by atomic mass is 16.5. The van der Waals surface area contributed by atoms with E-state index in [2.05, 4.69) is 4.90 Å². The summed E-state index contributed by atoms with van der Waals surface area (Å²) in [4.78, 5) is 29.7. The highest BCUT2D eigenvalue weighted by Gasteiger charge is 2.29. The van der Waals surface area contributed by atoms with E-state index < -0.39 is 0 Å². The lowest BCUT2D eigenvalue weighted by atomic mass is 10.1. The van der Waals surface area contributed by atoms with Gasteiger partial charge in [0, 0.05) is 32.9 Å². The quantitative estimate of drug-likeness (QED) is 0.681. The molecule has 2 aromatic carbocycles. The molecule has 0 spiro atoms. The van der Waals surface area contributed by atoms with Crippen molar-refractivity contribution in [1.82, 2.24) is 14.0 Å². The summed E-state index contributed by atoms with van der Waals surface area (Å²) in [5, 5.41) is 0. The molecule has 1 aliphatic heterocycles. The fourth-order valence-electron chi connectivity index (χ4n) is 3.83. The fraction of sp³-hybridized carbons (Fsp3) is 0.273. The number of anilines is 2. The molecule has 4 rings (SSSR count). The number of hydrogen-bond acceptors (Lipinski definition) is 5. The van der Waals surface area contributed by atoms with Crippen molar-refractivity contribution in [2.75, 3.05) is 18.7 Å². The Balaban J connectivity index is 1.77. The maximum atomic E-state index is 12.9. The zero-order valence-corrected chi connectivity index (χ0v) is 16.8. The first-order valence-electron chi connectivity index (χ1n) is 9.46. The smallest absolute Gasteiger partial charge is 0.332 e. The van der Waals surface area contributed by atoms with Crippen molar-refractivity contribution in [2.45, 2.75) is 13.1 Å². The number of methoxy groups -OCH3 is 1. The molecule has 1 aliphatic rings. The van der Waals surface area contributed by atoms with E-state index in [1.807, 2.05) is 59.5 Å². The number of rotatable bonds is 4. The van der Waals surface area contributed by atoms with Crippen LogP contribution in [-0.2, 0) is 27.2 Å².